The molecule has 8 fully saturated rings. The first-order chi connectivity index (χ1) is 3.96. The highest BCUT2D eigenvalue weighted by Gasteiger charge is 3.20. The number of rotatable bonds is 0. The third kappa shape index (κ3) is 0.0534. The van der Waals surface area contributed by atoms with Gasteiger partial charge in [-0.15, -0.1) is 0 Å². The van der Waals surface area contributed by atoms with E-state index in [-0.39, 0.29) is 0 Å². The summed E-state index contributed by atoms with van der Waals surface area (Å²) >= 11 is 0. The maximum absolute atomic E-state index is 1.66. The van der Waals surface area contributed by atoms with Crippen molar-refractivity contribution in [3.8, 4) is 0 Å². The quantitative estimate of drug-likeness (QED) is 0.434. The van der Waals surface area contributed by atoms with Gasteiger partial charge in [-0.2, -0.15) is 0 Å². The maximum atomic E-state index is 1.66. The molecule has 40 valence electrons. The summed E-state index contributed by atoms with van der Waals surface area (Å²) in [7, 11) is 0. The first-order valence-corrected chi connectivity index (χ1v) is 3.96. The Balaban J connectivity index is 2.12. The van der Waals surface area contributed by atoms with E-state index in [1.807, 2.05) is 0 Å². The van der Waals surface area contributed by atoms with Crippen molar-refractivity contribution in [3.63, 3.8) is 0 Å². The number of hydrogen-bond acceptors (Lipinski definition) is 0. The molecule has 0 N–H and O–H groups in total. The first-order valence-electron chi connectivity index (χ1n) is 3.96. The lowest BCUT2D eigenvalue weighted by molar-refractivity contribution is -0.171. The Morgan fingerprint density at radius 1 is 1.25 bits per heavy atom. The van der Waals surface area contributed by atoms with Crippen LogP contribution in [0.15, 0.2) is 0 Å². The van der Waals surface area contributed by atoms with Crippen LogP contribution in [-0.2, 0) is 0 Å². The van der Waals surface area contributed by atoms with E-state index in [1.54, 1.807) is 12.8 Å². The lowest BCUT2D eigenvalue weighted by Gasteiger charge is -2.63. The second-order valence-electron chi connectivity index (χ2n) is 4.65. The largest absolute Gasteiger partial charge is 0.0490 e. The summed E-state index contributed by atoms with van der Waals surface area (Å²) in [5.74, 6) is 5.32. The van der Waals surface area contributed by atoms with Gasteiger partial charge in [0.05, 0.1) is 0 Å². The van der Waals surface area contributed by atoms with Gasteiger partial charge in [-0.3, -0.25) is 0 Å². The number of hydrogen-bond donors (Lipinski definition) is 0. The minimum absolute atomic E-state index is 1.10. The third-order valence-corrected chi connectivity index (χ3v) is 5.49. The van der Waals surface area contributed by atoms with E-state index in [1.165, 1.54) is 23.7 Å². The molecule has 8 aliphatic carbocycles. The highest BCUT2D eigenvalue weighted by molar-refractivity contribution is 5.66. The fourth-order valence-corrected chi connectivity index (χ4v) is 5.58. The van der Waals surface area contributed by atoms with E-state index in [4.69, 9.17) is 0 Å². The SMILES string of the molecule is C1CC23C4C5[C@H]2C1[C@]543. The molecular formula is C8H8. The van der Waals surface area contributed by atoms with Crippen LogP contribution in [0.1, 0.15) is 12.8 Å². The molecule has 0 aromatic rings. The van der Waals surface area contributed by atoms with Gasteiger partial charge in [0.1, 0.15) is 0 Å². The Morgan fingerprint density at radius 2 is 2.25 bits per heavy atom. The third-order valence-electron chi connectivity index (χ3n) is 5.49. The minimum Gasteiger partial charge on any atom is -0.0490 e. The van der Waals surface area contributed by atoms with E-state index in [9.17, 15) is 0 Å². The van der Waals surface area contributed by atoms with Gasteiger partial charge < -0.3 is 0 Å². The summed E-state index contributed by atoms with van der Waals surface area (Å²) in [6.07, 6.45) is 3.29. The van der Waals surface area contributed by atoms with Crippen LogP contribution >= 0.6 is 0 Å². The van der Waals surface area contributed by atoms with Crippen molar-refractivity contribution in [1.29, 1.82) is 0 Å². The van der Waals surface area contributed by atoms with Gasteiger partial charge in [0.25, 0.3) is 0 Å². The highest BCUT2D eigenvalue weighted by Crippen LogP contribution is 3.23. The topological polar surface area (TPSA) is 0 Å². The molecule has 5 bridgehead atoms. The van der Waals surface area contributed by atoms with Gasteiger partial charge in [-0.05, 0) is 47.3 Å². The zero-order chi connectivity index (χ0) is 4.72. The highest BCUT2D eigenvalue weighted by atomic mass is 15.2. The molecule has 2 spiro atoms. The van der Waals surface area contributed by atoms with E-state index in [2.05, 4.69) is 0 Å². The molecule has 8 saturated carbocycles. The van der Waals surface area contributed by atoms with E-state index < -0.39 is 0 Å². The van der Waals surface area contributed by atoms with Gasteiger partial charge in [-0.1, -0.05) is 0 Å². The van der Waals surface area contributed by atoms with Crippen molar-refractivity contribution in [3.05, 3.63) is 0 Å². The minimum atomic E-state index is 1.10. The van der Waals surface area contributed by atoms with Gasteiger partial charge in [0.2, 0.25) is 0 Å². The summed E-state index contributed by atoms with van der Waals surface area (Å²) in [4.78, 5) is 0. The molecule has 0 nitrogen and oxygen atoms in total. The summed E-state index contributed by atoms with van der Waals surface area (Å²) in [5.41, 5.74) is 2.22. The van der Waals surface area contributed by atoms with E-state index in [0.717, 1.165) is 10.8 Å². The Bertz CT molecular complexity index is 234. The standard InChI is InChI=1S/C8H8/c1-2-7-4-3(1)8(7)5(4)6(7)8/h3-6H,1-2H2/t3?,4-,5?,6?,7?,8+/m1/s1. The molecule has 0 saturated heterocycles. The van der Waals surface area contributed by atoms with Crippen molar-refractivity contribution in [2.45, 2.75) is 12.8 Å². The van der Waals surface area contributed by atoms with Gasteiger partial charge >= 0.3 is 0 Å². The number of fused-ring (bicyclic) bond motifs is 1. The van der Waals surface area contributed by atoms with Crippen LogP contribution < -0.4 is 0 Å². The second kappa shape index (κ2) is 0.373. The van der Waals surface area contributed by atoms with Crippen LogP contribution in [0.2, 0.25) is 0 Å². The molecule has 0 amide bonds. The molecule has 0 aromatic carbocycles. The maximum Gasteiger partial charge on any atom is -0.0133 e. The Labute approximate surface area is 48.3 Å². The molecule has 0 heterocycles. The van der Waals surface area contributed by atoms with Crippen molar-refractivity contribution in [1.82, 2.24) is 0 Å². The molecular weight excluding hydrogens is 96.1 g/mol. The fourth-order valence-electron chi connectivity index (χ4n) is 5.58. The average Bonchev–Trinajstić information content (AvgIpc) is 2.16. The monoisotopic (exact) mass is 104 g/mol. The van der Waals surface area contributed by atoms with Crippen molar-refractivity contribution in [2.75, 3.05) is 0 Å². The molecule has 0 aromatic heterocycles. The summed E-state index contributed by atoms with van der Waals surface area (Å²) < 4.78 is 0. The lowest BCUT2D eigenvalue weighted by Crippen LogP contribution is -2.60. The van der Waals surface area contributed by atoms with Gasteiger partial charge in [0, 0.05) is 0 Å². The summed E-state index contributed by atoms with van der Waals surface area (Å²) in [6.45, 7) is 0. The van der Waals surface area contributed by atoms with E-state index >= 15 is 0 Å². The first kappa shape index (κ1) is 2.72. The zero-order valence-corrected chi connectivity index (χ0v) is 4.72. The molecule has 4 unspecified atom stereocenters. The smallest absolute Gasteiger partial charge is 0.0133 e. The Morgan fingerprint density at radius 3 is 2.50 bits per heavy atom. The van der Waals surface area contributed by atoms with Crippen LogP contribution in [0.3, 0.4) is 0 Å². The van der Waals surface area contributed by atoms with Crippen molar-refractivity contribution in [2.24, 2.45) is 34.5 Å². The van der Waals surface area contributed by atoms with Crippen LogP contribution in [-0.4, -0.2) is 0 Å². The second-order valence-corrected chi connectivity index (χ2v) is 4.65. The normalized spacial score (nSPS) is 108. The van der Waals surface area contributed by atoms with Crippen molar-refractivity contribution < 1.29 is 0 Å². The molecule has 8 rings (SSSR count). The van der Waals surface area contributed by atoms with Crippen LogP contribution in [0, 0.1) is 34.5 Å². The zero-order valence-electron chi connectivity index (χ0n) is 4.72. The van der Waals surface area contributed by atoms with E-state index in [0.29, 0.717) is 0 Å². The molecule has 8 aliphatic rings. The fraction of sp³-hybridized carbons (Fsp3) is 1.00. The molecule has 6 atom stereocenters. The van der Waals surface area contributed by atoms with Gasteiger partial charge in [0.15, 0.2) is 0 Å². The molecule has 0 aliphatic heterocycles. The Kier molecular flexibility index (Phi) is 0.127. The van der Waals surface area contributed by atoms with Gasteiger partial charge in [-0.25, -0.2) is 0 Å². The van der Waals surface area contributed by atoms with Crippen LogP contribution in [0.5, 0.6) is 0 Å². The molecule has 8 heavy (non-hydrogen) atoms. The Hall–Kier alpha value is 0. The summed E-state index contributed by atoms with van der Waals surface area (Å²) in [5, 5.41) is 0. The predicted molar refractivity (Wildman–Crippen MR) is 28.1 cm³/mol. The molecule has 0 heteroatoms. The van der Waals surface area contributed by atoms with Crippen molar-refractivity contribution >= 4 is 0 Å². The lowest BCUT2D eigenvalue weighted by atomic mass is 9.40. The predicted octanol–water partition coefficient (Wildman–Crippen LogP) is 1.27. The summed E-state index contributed by atoms with van der Waals surface area (Å²) in [6, 6.07) is 0. The average molecular weight is 104 g/mol. The van der Waals surface area contributed by atoms with Crippen LogP contribution in [0.25, 0.3) is 0 Å². The van der Waals surface area contributed by atoms with Crippen LogP contribution in [0.4, 0.5) is 0 Å². The molecule has 0 radical (unpaired) electrons.